The minimum atomic E-state index is -4.32. The highest BCUT2D eigenvalue weighted by molar-refractivity contribution is 7.84. The summed E-state index contributed by atoms with van der Waals surface area (Å²) < 4.78 is 49.3. The van der Waals surface area contributed by atoms with Gasteiger partial charge in [-0.3, -0.25) is 4.21 Å². The van der Waals surface area contributed by atoms with E-state index in [0.717, 1.165) is 6.07 Å². The van der Waals surface area contributed by atoms with Gasteiger partial charge in [-0.15, -0.1) is 0 Å². The Morgan fingerprint density at radius 2 is 1.95 bits per heavy atom. The van der Waals surface area contributed by atoms with Crippen molar-refractivity contribution < 1.29 is 17.4 Å². The number of hydrogen-bond acceptors (Lipinski definition) is 2. The molecule has 2 atom stereocenters. The summed E-state index contributed by atoms with van der Waals surface area (Å²) in [6, 6.07) is 5.53. The Morgan fingerprint density at radius 1 is 1.32 bits per heavy atom. The molecule has 0 aliphatic carbocycles. The summed E-state index contributed by atoms with van der Waals surface area (Å²) in [6.07, 6.45) is -2.02. The van der Waals surface area contributed by atoms with Gasteiger partial charge in [0.1, 0.15) is 0 Å². The van der Waals surface area contributed by atoms with Gasteiger partial charge in [0, 0.05) is 28.9 Å². The topological polar surface area (TPSA) is 29.1 Å². The molecule has 0 heterocycles. The molecule has 1 aromatic carbocycles. The lowest BCUT2D eigenvalue weighted by Gasteiger charge is -2.14. The highest BCUT2D eigenvalue weighted by Gasteiger charge is 2.32. The van der Waals surface area contributed by atoms with Crippen LogP contribution in [-0.4, -0.2) is 22.3 Å². The predicted octanol–water partition coefficient (Wildman–Crippen LogP) is 2.95. The average Bonchev–Trinajstić information content (AvgIpc) is 2.33. The molecule has 1 N–H and O–H groups in total. The van der Waals surface area contributed by atoms with E-state index in [1.54, 1.807) is 12.3 Å². The molecular formula is C13H18F3NOS. The molecule has 0 spiro atoms. The molecule has 108 valence electrons. The van der Waals surface area contributed by atoms with E-state index >= 15 is 0 Å². The van der Waals surface area contributed by atoms with Crippen molar-refractivity contribution >= 4 is 10.8 Å². The van der Waals surface area contributed by atoms with E-state index in [9.17, 15) is 17.4 Å². The second kappa shape index (κ2) is 7.05. The van der Waals surface area contributed by atoms with Gasteiger partial charge in [0.25, 0.3) is 0 Å². The van der Waals surface area contributed by atoms with Crippen molar-refractivity contribution in [2.24, 2.45) is 0 Å². The molecule has 0 fully saturated rings. The molecule has 0 amide bonds. The third-order valence-corrected chi connectivity index (χ3v) is 4.30. The Morgan fingerprint density at radius 3 is 2.53 bits per heavy atom. The van der Waals surface area contributed by atoms with Crippen LogP contribution in [0.1, 0.15) is 24.5 Å². The van der Waals surface area contributed by atoms with Crippen molar-refractivity contribution in [2.75, 3.05) is 12.8 Å². The van der Waals surface area contributed by atoms with Crippen LogP contribution in [0.25, 0.3) is 0 Å². The van der Waals surface area contributed by atoms with Crippen molar-refractivity contribution in [3.05, 3.63) is 35.4 Å². The molecule has 6 heteroatoms. The summed E-state index contributed by atoms with van der Waals surface area (Å²) in [5.41, 5.74) is -0.366. The van der Waals surface area contributed by atoms with E-state index in [-0.39, 0.29) is 17.4 Å². The van der Waals surface area contributed by atoms with Gasteiger partial charge in [0.05, 0.1) is 5.56 Å². The number of nitrogens with one attached hydrogen (secondary N) is 1. The third kappa shape index (κ3) is 5.32. The van der Waals surface area contributed by atoms with Gasteiger partial charge in [-0.25, -0.2) is 0 Å². The third-order valence-electron chi connectivity index (χ3n) is 2.93. The molecule has 0 aliphatic rings. The fourth-order valence-corrected chi connectivity index (χ4v) is 2.10. The van der Waals surface area contributed by atoms with Crippen molar-refractivity contribution in [1.82, 2.24) is 5.32 Å². The maximum absolute atomic E-state index is 12.7. The smallest absolute Gasteiger partial charge is 0.313 e. The van der Waals surface area contributed by atoms with Crippen molar-refractivity contribution in [3.63, 3.8) is 0 Å². The van der Waals surface area contributed by atoms with E-state index in [1.165, 1.54) is 12.1 Å². The summed E-state index contributed by atoms with van der Waals surface area (Å²) in [5, 5.41) is 3.01. The SMILES string of the molecule is CC(CCNCc1ccccc1C(F)(F)F)S(C)=O. The molecule has 0 aromatic heterocycles. The first-order chi connectivity index (χ1) is 8.82. The zero-order chi connectivity index (χ0) is 14.5. The van der Waals surface area contributed by atoms with E-state index in [1.807, 2.05) is 6.92 Å². The molecule has 0 saturated carbocycles. The lowest BCUT2D eigenvalue weighted by Crippen LogP contribution is -2.22. The van der Waals surface area contributed by atoms with Gasteiger partial charge in [0.2, 0.25) is 0 Å². The first-order valence-electron chi connectivity index (χ1n) is 6.00. The molecule has 1 aromatic rings. The van der Waals surface area contributed by atoms with Crippen LogP contribution in [-0.2, 0) is 23.5 Å². The lowest BCUT2D eigenvalue weighted by molar-refractivity contribution is -0.138. The second-order valence-electron chi connectivity index (χ2n) is 4.43. The fourth-order valence-electron chi connectivity index (χ4n) is 1.65. The quantitative estimate of drug-likeness (QED) is 0.817. The van der Waals surface area contributed by atoms with Crippen LogP contribution < -0.4 is 5.32 Å². The van der Waals surface area contributed by atoms with E-state index in [2.05, 4.69) is 5.32 Å². The van der Waals surface area contributed by atoms with Gasteiger partial charge in [-0.05, 0) is 24.6 Å². The highest BCUT2D eigenvalue weighted by Crippen LogP contribution is 2.31. The summed E-state index contributed by atoms with van der Waals surface area (Å²) >= 11 is 0. The van der Waals surface area contributed by atoms with Crippen LogP contribution in [0.15, 0.2) is 24.3 Å². The van der Waals surface area contributed by atoms with E-state index in [0.29, 0.717) is 13.0 Å². The summed E-state index contributed by atoms with van der Waals surface area (Å²) in [5.74, 6) is 0. The predicted molar refractivity (Wildman–Crippen MR) is 71.3 cm³/mol. The molecule has 2 unspecified atom stereocenters. The van der Waals surface area contributed by atoms with Gasteiger partial charge >= 0.3 is 6.18 Å². The Balaban J connectivity index is 2.52. The highest BCUT2D eigenvalue weighted by atomic mass is 32.2. The zero-order valence-corrected chi connectivity index (χ0v) is 11.8. The number of benzene rings is 1. The maximum Gasteiger partial charge on any atom is 0.416 e. The molecule has 0 radical (unpaired) electrons. The lowest BCUT2D eigenvalue weighted by atomic mass is 10.1. The number of halogens is 3. The van der Waals surface area contributed by atoms with Crippen LogP contribution in [0.2, 0.25) is 0 Å². The molecule has 0 bridgehead atoms. The Labute approximate surface area is 113 Å². The van der Waals surface area contributed by atoms with Gasteiger partial charge < -0.3 is 5.32 Å². The molecule has 0 aliphatic heterocycles. The average molecular weight is 293 g/mol. The van der Waals surface area contributed by atoms with Crippen LogP contribution in [0.5, 0.6) is 0 Å². The van der Waals surface area contributed by atoms with E-state index in [4.69, 9.17) is 0 Å². The van der Waals surface area contributed by atoms with Crippen molar-refractivity contribution in [1.29, 1.82) is 0 Å². The Hall–Kier alpha value is -0.880. The Bertz CT molecular complexity index is 434. The minimum Gasteiger partial charge on any atom is -0.313 e. The maximum atomic E-state index is 12.7. The summed E-state index contributed by atoms with van der Waals surface area (Å²) in [4.78, 5) is 0. The van der Waals surface area contributed by atoms with Gasteiger partial charge in [0.15, 0.2) is 0 Å². The van der Waals surface area contributed by atoms with Crippen LogP contribution in [0.4, 0.5) is 13.2 Å². The number of hydrogen-bond donors (Lipinski definition) is 1. The fraction of sp³-hybridized carbons (Fsp3) is 0.538. The molecule has 19 heavy (non-hydrogen) atoms. The monoisotopic (exact) mass is 293 g/mol. The molecular weight excluding hydrogens is 275 g/mol. The summed E-state index contributed by atoms with van der Waals surface area (Å²) in [7, 11) is -0.897. The first kappa shape index (κ1) is 16.2. The normalized spacial score (nSPS) is 15.2. The van der Waals surface area contributed by atoms with Crippen molar-refractivity contribution in [2.45, 2.75) is 31.3 Å². The van der Waals surface area contributed by atoms with Gasteiger partial charge in [-0.1, -0.05) is 25.1 Å². The second-order valence-corrected chi connectivity index (χ2v) is 6.23. The zero-order valence-electron chi connectivity index (χ0n) is 11.0. The Kier molecular flexibility index (Phi) is 6.00. The minimum absolute atomic E-state index is 0.0466. The van der Waals surface area contributed by atoms with Crippen LogP contribution in [0, 0.1) is 0 Å². The number of rotatable bonds is 6. The molecule has 2 nitrogen and oxygen atoms in total. The van der Waals surface area contributed by atoms with Gasteiger partial charge in [-0.2, -0.15) is 13.2 Å². The van der Waals surface area contributed by atoms with Crippen molar-refractivity contribution in [3.8, 4) is 0 Å². The van der Waals surface area contributed by atoms with Crippen LogP contribution >= 0.6 is 0 Å². The van der Waals surface area contributed by atoms with E-state index < -0.39 is 22.5 Å². The standard InChI is InChI=1S/C13H18F3NOS/c1-10(19(2)18)7-8-17-9-11-5-3-4-6-12(11)13(14,15)16/h3-6,10,17H,7-9H2,1-2H3. The number of alkyl halides is 3. The van der Waals surface area contributed by atoms with Crippen LogP contribution in [0.3, 0.4) is 0 Å². The summed E-state index contributed by atoms with van der Waals surface area (Å²) in [6.45, 7) is 2.58. The molecule has 0 saturated heterocycles. The first-order valence-corrected chi connectivity index (χ1v) is 7.62. The molecule has 1 rings (SSSR count). The largest absolute Gasteiger partial charge is 0.416 e.